The first-order valence-corrected chi connectivity index (χ1v) is 10.8. The average molecular weight is 419 g/mol. The number of ether oxygens (including phenoxy) is 2. The Morgan fingerprint density at radius 2 is 2.10 bits per heavy atom. The Hall–Kier alpha value is -2.12. The number of carbonyl (C=O) groups excluding carboxylic acids is 1. The van der Waals surface area contributed by atoms with Crippen LogP contribution < -0.4 is 9.47 Å². The molecule has 0 saturated heterocycles. The predicted octanol–water partition coefficient (Wildman–Crippen LogP) is 4.15. The van der Waals surface area contributed by atoms with Crippen LogP contribution in [0.5, 0.6) is 11.5 Å². The maximum absolute atomic E-state index is 12.9. The molecule has 1 N–H and O–H groups in total. The molecule has 0 spiro atoms. The van der Waals surface area contributed by atoms with Crippen LogP contribution in [0.2, 0.25) is 0 Å². The summed E-state index contributed by atoms with van der Waals surface area (Å²) in [5, 5.41) is 11.8. The van der Waals surface area contributed by atoms with Gasteiger partial charge in [0.1, 0.15) is 11.6 Å². The molecule has 1 heterocycles. The molecule has 3 rings (SSSR count). The van der Waals surface area contributed by atoms with Crippen molar-refractivity contribution in [3.8, 4) is 11.5 Å². The molecular weight excluding hydrogens is 388 g/mol. The molecule has 7 heteroatoms. The fraction of sp³-hybridized carbons (Fsp3) is 0.545. The number of nitrogens with zero attached hydrogens (tertiary/aromatic N) is 2. The predicted molar refractivity (Wildman–Crippen MR) is 113 cm³/mol. The third kappa shape index (κ3) is 5.93. The summed E-state index contributed by atoms with van der Waals surface area (Å²) in [5.74, 6) is 1.46. The topological polar surface area (TPSA) is 71.9 Å². The Morgan fingerprint density at radius 1 is 1.34 bits per heavy atom. The molecular formula is C22H30N2O4S. The summed E-state index contributed by atoms with van der Waals surface area (Å²) in [5.41, 5.74) is 1.52. The number of para-hydroxylation sites is 1. The average Bonchev–Trinajstić information content (AvgIpc) is 3.40. The Morgan fingerprint density at radius 3 is 2.69 bits per heavy atom. The molecule has 1 aromatic heterocycles. The van der Waals surface area contributed by atoms with E-state index in [0.717, 1.165) is 23.4 Å². The summed E-state index contributed by atoms with van der Waals surface area (Å²) in [6.45, 7) is 6.98. The van der Waals surface area contributed by atoms with Gasteiger partial charge in [0.25, 0.3) is 0 Å². The fourth-order valence-electron chi connectivity index (χ4n) is 3.18. The van der Waals surface area contributed by atoms with Crippen LogP contribution in [-0.2, 0) is 24.6 Å². The highest BCUT2D eigenvalue weighted by Gasteiger charge is 2.34. The fourth-order valence-corrected chi connectivity index (χ4v) is 3.87. The number of carbonyl (C=O) groups is 1. The molecule has 0 atom stereocenters. The van der Waals surface area contributed by atoms with Crippen LogP contribution in [0.1, 0.15) is 56.3 Å². The van der Waals surface area contributed by atoms with Crippen molar-refractivity contribution >= 4 is 17.2 Å². The van der Waals surface area contributed by atoms with Gasteiger partial charge >= 0.3 is 0 Å². The Bertz CT molecular complexity index is 840. The number of hydrogen-bond donors (Lipinski definition) is 1. The summed E-state index contributed by atoms with van der Waals surface area (Å²) >= 11 is 1.45. The van der Waals surface area contributed by atoms with Crippen LogP contribution in [0.15, 0.2) is 23.6 Å². The van der Waals surface area contributed by atoms with Crippen LogP contribution in [0.25, 0.3) is 0 Å². The van der Waals surface area contributed by atoms with Crippen molar-refractivity contribution in [2.75, 3.05) is 7.11 Å². The van der Waals surface area contributed by atoms with E-state index in [1.165, 1.54) is 11.3 Å². The monoisotopic (exact) mass is 418 g/mol. The smallest absolute Gasteiger partial charge is 0.223 e. The number of methoxy groups -OCH3 is 1. The zero-order valence-electron chi connectivity index (χ0n) is 17.6. The second-order valence-electron chi connectivity index (χ2n) is 8.62. The molecule has 0 aliphatic heterocycles. The van der Waals surface area contributed by atoms with Crippen molar-refractivity contribution in [2.24, 2.45) is 5.41 Å². The van der Waals surface area contributed by atoms with Crippen LogP contribution in [0.4, 0.5) is 0 Å². The highest BCUT2D eigenvalue weighted by Crippen LogP contribution is 2.36. The molecule has 6 nitrogen and oxygen atoms in total. The normalized spacial score (nSPS) is 14.0. The minimum atomic E-state index is -0.0807. The van der Waals surface area contributed by atoms with Crippen molar-refractivity contribution in [1.82, 2.24) is 9.88 Å². The van der Waals surface area contributed by atoms with E-state index in [9.17, 15) is 9.90 Å². The third-order valence-corrected chi connectivity index (χ3v) is 5.58. The van der Waals surface area contributed by atoms with Gasteiger partial charge in [0.05, 0.1) is 19.4 Å². The van der Waals surface area contributed by atoms with Crippen molar-refractivity contribution in [1.29, 1.82) is 0 Å². The first-order valence-electron chi connectivity index (χ1n) is 9.93. The number of hydrogen-bond acceptors (Lipinski definition) is 6. The number of thiazole rings is 1. The largest absolute Gasteiger partial charge is 0.493 e. The van der Waals surface area contributed by atoms with Crippen LogP contribution in [-0.4, -0.2) is 34.0 Å². The zero-order valence-corrected chi connectivity index (χ0v) is 18.4. The lowest BCUT2D eigenvalue weighted by atomic mass is 9.91. The van der Waals surface area contributed by atoms with Gasteiger partial charge in [-0.05, 0) is 24.3 Å². The van der Waals surface area contributed by atoms with Gasteiger partial charge in [0.15, 0.2) is 11.5 Å². The van der Waals surface area contributed by atoms with E-state index in [-0.39, 0.29) is 24.5 Å². The number of aliphatic hydroxyl groups is 1. The molecule has 1 aliphatic rings. The van der Waals surface area contributed by atoms with E-state index in [1.807, 2.05) is 28.5 Å². The van der Waals surface area contributed by atoms with E-state index in [2.05, 4.69) is 25.8 Å². The highest BCUT2D eigenvalue weighted by atomic mass is 32.1. The molecule has 1 fully saturated rings. The SMILES string of the molecule is COc1cccc(CN(C(=O)CC(C)(C)C)C2CC2)c1OCc1nc(CO)cs1. The lowest BCUT2D eigenvalue weighted by Crippen LogP contribution is -2.35. The Balaban J connectivity index is 1.79. The van der Waals surface area contributed by atoms with Crippen molar-refractivity contribution in [3.63, 3.8) is 0 Å². The maximum atomic E-state index is 12.9. The zero-order chi connectivity index (χ0) is 21.0. The highest BCUT2D eigenvalue weighted by molar-refractivity contribution is 7.09. The second kappa shape index (κ2) is 9.13. The third-order valence-electron chi connectivity index (χ3n) is 4.71. The van der Waals surface area contributed by atoms with Crippen LogP contribution in [0.3, 0.4) is 0 Å². The number of aliphatic hydroxyl groups excluding tert-OH is 1. The van der Waals surface area contributed by atoms with E-state index >= 15 is 0 Å². The molecule has 158 valence electrons. The molecule has 0 unspecified atom stereocenters. The van der Waals surface area contributed by atoms with E-state index in [0.29, 0.717) is 36.2 Å². The first kappa shape index (κ1) is 21.6. The lowest BCUT2D eigenvalue weighted by molar-refractivity contribution is -0.134. The molecule has 2 aromatic rings. The number of benzene rings is 1. The number of rotatable bonds is 9. The molecule has 0 radical (unpaired) electrons. The van der Waals surface area contributed by atoms with Crippen molar-refractivity contribution in [2.45, 2.75) is 65.8 Å². The second-order valence-corrected chi connectivity index (χ2v) is 9.56. The molecule has 1 amide bonds. The maximum Gasteiger partial charge on any atom is 0.223 e. The van der Waals surface area contributed by atoms with Crippen molar-refractivity contribution in [3.05, 3.63) is 39.8 Å². The quantitative estimate of drug-likeness (QED) is 0.662. The minimum absolute atomic E-state index is 0.0484. The number of aromatic nitrogens is 1. The van der Waals surface area contributed by atoms with Gasteiger partial charge in [-0.1, -0.05) is 32.9 Å². The van der Waals surface area contributed by atoms with E-state index in [4.69, 9.17) is 9.47 Å². The molecule has 0 bridgehead atoms. The van der Waals surface area contributed by atoms with Gasteiger partial charge in [-0.15, -0.1) is 11.3 Å². The van der Waals surface area contributed by atoms with Crippen LogP contribution >= 0.6 is 11.3 Å². The first-order chi connectivity index (χ1) is 13.8. The van der Waals surface area contributed by atoms with Crippen molar-refractivity contribution < 1.29 is 19.4 Å². The van der Waals surface area contributed by atoms with Gasteiger partial charge in [-0.3, -0.25) is 4.79 Å². The molecule has 1 aliphatic carbocycles. The number of amides is 1. The minimum Gasteiger partial charge on any atom is -0.493 e. The van der Waals surface area contributed by atoms with Gasteiger partial charge in [-0.2, -0.15) is 0 Å². The summed E-state index contributed by atoms with van der Waals surface area (Å²) in [7, 11) is 1.61. The van der Waals surface area contributed by atoms with Gasteiger partial charge in [0.2, 0.25) is 5.91 Å². The summed E-state index contributed by atoms with van der Waals surface area (Å²) < 4.78 is 11.6. The summed E-state index contributed by atoms with van der Waals surface area (Å²) in [6.07, 6.45) is 2.63. The molecule has 1 saturated carbocycles. The van der Waals surface area contributed by atoms with Crippen LogP contribution in [0, 0.1) is 5.41 Å². The summed E-state index contributed by atoms with van der Waals surface area (Å²) in [4.78, 5) is 19.3. The Kier molecular flexibility index (Phi) is 6.80. The van der Waals surface area contributed by atoms with E-state index in [1.54, 1.807) is 7.11 Å². The van der Waals surface area contributed by atoms with E-state index < -0.39 is 0 Å². The molecule has 1 aromatic carbocycles. The molecule has 29 heavy (non-hydrogen) atoms. The van der Waals surface area contributed by atoms with Gasteiger partial charge < -0.3 is 19.5 Å². The van der Waals surface area contributed by atoms with Gasteiger partial charge in [-0.25, -0.2) is 4.98 Å². The summed E-state index contributed by atoms with van der Waals surface area (Å²) in [6, 6.07) is 6.08. The lowest BCUT2D eigenvalue weighted by Gasteiger charge is -2.28. The van der Waals surface area contributed by atoms with Gasteiger partial charge in [0, 0.05) is 30.0 Å². The Labute approximate surface area is 176 Å². The standard InChI is InChI=1S/C22H30N2O4S/c1-22(2,3)10-20(26)24(17-8-9-17)11-15-6-5-7-18(27-4)21(15)28-13-19-23-16(12-25)14-29-19/h5-7,14,17,25H,8-13H2,1-4H3.